The van der Waals surface area contributed by atoms with Crippen LogP contribution in [0.4, 0.5) is 5.82 Å². The number of aromatic nitrogens is 2. The molecule has 20 heavy (non-hydrogen) atoms. The highest BCUT2D eigenvalue weighted by molar-refractivity contribution is 5.91. The lowest BCUT2D eigenvalue weighted by Crippen LogP contribution is -2.24. The van der Waals surface area contributed by atoms with Crippen molar-refractivity contribution in [3.63, 3.8) is 0 Å². The van der Waals surface area contributed by atoms with Crippen molar-refractivity contribution in [3.8, 4) is 0 Å². The van der Waals surface area contributed by atoms with E-state index in [1.54, 1.807) is 26.2 Å². The van der Waals surface area contributed by atoms with Gasteiger partial charge in [0.15, 0.2) is 5.69 Å². The lowest BCUT2D eigenvalue weighted by molar-refractivity contribution is 0.0821. The van der Waals surface area contributed by atoms with Crippen molar-refractivity contribution in [1.29, 1.82) is 0 Å². The minimum Gasteiger partial charge on any atom is -0.393 e. The van der Waals surface area contributed by atoms with E-state index in [-0.39, 0.29) is 12.0 Å². The molecule has 1 aliphatic carbocycles. The maximum absolute atomic E-state index is 11.7. The summed E-state index contributed by atoms with van der Waals surface area (Å²) in [5.41, 5.74) is 0.348. The SMILES string of the molecule is CN(C)C(=O)c1ccc(NCC2CCC(O)CC2)nn1. The molecule has 0 spiro atoms. The number of aliphatic hydroxyl groups excluding tert-OH is 1. The van der Waals surface area contributed by atoms with Crippen LogP contribution < -0.4 is 5.32 Å². The van der Waals surface area contributed by atoms with Crippen molar-refractivity contribution >= 4 is 11.7 Å². The van der Waals surface area contributed by atoms with Gasteiger partial charge in [-0.25, -0.2) is 0 Å². The van der Waals surface area contributed by atoms with E-state index < -0.39 is 0 Å². The Morgan fingerprint density at radius 2 is 2.00 bits per heavy atom. The van der Waals surface area contributed by atoms with Gasteiger partial charge in [-0.2, -0.15) is 0 Å². The molecule has 0 saturated heterocycles. The Kier molecular flexibility index (Phi) is 4.89. The fraction of sp³-hybridized carbons (Fsp3) is 0.643. The standard InChI is InChI=1S/C14H22N4O2/c1-18(2)14(20)12-7-8-13(17-16-12)15-9-10-3-5-11(19)6-4-10/h7-8,10-11,19H,3-6,9H2,1-2H3,(H,15,17). The van der Waals surface area contributed by atoms with Crippen molar-refractivity contribution in [2.45, 2.75) is 31.8 Å². The monoisotopic (exact) mass is 278 g/mol. The van der Waals surface area contributed by atoms with Crippen molar-refractivity contribution in [2.75, 3.05) is 26.0 Å². The molecule has 1 fully saturated rings. The highest BCUT2D eigenvalue weighted by Gasteiger charge is 2.19. The molecule has 0 radical (unpaired) electrons. The Hall–Kier alpha value is -1.69. The summed E-state index contributed by atoms with van der Waals surface area (Å²) >= 11 is 0. The molecule has 1 saturated carbocycles. The van der Waals surface area contributed by atoms with Crippen molar-refractivity contribution in [1.82, 2.24) is 15.1 Å². The van der Waals surface area contributed by atoms with Gasteiger partial charge in [0.25, 0.3) is 5.91 Å². The summed E-state index contributed by atoms with van der Waals surface area (Å²) in [6, 6.07) is 3.46. The van der Waals surface area contributed by atoms with Crippen molar-refractivity contribution < 1.29 is 9.90 Å². The van der Waals surface area contributed by atoms with Gasteiger partial charge >= 0.3 is 0 Å². The summed E-state index contributed by atoms with van der Waals surface area (Å²) in [7, 11) is 3.38. The Balaban J connectivity index is 1.83. The number of hydrogen-bond donors (Lipinski definition) is 2. The summed E-state index contributed by atoms with van der Waals surface area (Å²) in [5.74, 6) is 1.11. The van der Waals surface area contributed by atoms with Crippen molar-refractivity contribution in [3.05, 3.63) is 17.8 Å². The molecule has 0 atom stereocenters. The Morgan fingerprint density at radius 3 is 2.55 bits per heavy atom. The van der Waals surface area contributed by atoms with E-state index >= 15 is 0 Å². The number of hydrogen-bond acceptors (Lipinski definition) is 5. The van der Waals surface area contributed by atoms with E-state index in [4.69, 9.17) is 0 Å². The van der Waals surface area contributed by atoms with E-state index in [2.05, 4.69) is 15.5 Å². The minimum atomic E-state index is -0.148. The molecule has 0 aliphatic heterocycles. The third-order valence-electron chi connectivity index (χ3n) is 3.68. The van der Waals surface area contributed by atoms with E-state index in [0.717, 1.165) is 32.2 Å². The van der Waals surface area contributed by atoms with Crippen LogP contribution in [0, 0.1) is 5.92 Å². The summed E-state index contributed by atoms with van der Waals surface area (Å²) in [4.78, 5) is 13.1. The lowest BCUT2D eigenvalue weighted by Gasteiger charge is -2.25. The molecule has 2 rings (SSSR count). The molecule has 0 aromatic carbocycles. The quantitative estimate of drug-likeness (QED) is 0.863. The normalized spacial score (nSPS) is 22.4. The molecule has 1 aromatic rings. The molecule has 6 heteroatoms. The first kappa shape index (κ1) is 14.7. The molecule has 2 N–H and O–H groups in total. The van der Waals surface area contributed by atoms with Crippen LogP contribution in [0.25, 0.3) is 0 Å². The number of amides is 1. The lowest BCUT2D eigenvalue weighted by atomic mass is 9.87. The van der Waals surface area contributed by atoms with E-state index in [0.29, 0.717) is 17.4 Å². The predicted octanol–water partition coefficient (Wildman–Crippen LogP) is 1.14. The first-order valence-electron chi connectivity index (χ1n) is 7.03. The average Bonchev–Trinajstić information content (AvgIpc) is 2.46. The van der Waals surface area contributed by atoms with Crippen LogP contribution in [0.1, 0.15) is 36.2 Å². The summed E-state index contributed by atoms with van der Waals surface area (Å²) in [6.45, 7) is 0.836. The smallest absolute Gasteiger partial charge is 0.273 e. The molecule has 110 valence electrons. The third kappa shape index (κ3) is 3.90. The number of carbonyl (C=O) groups excluding carboxylic acids is 1. The van der Waals surface area contributed by atoms with Gasteiger partial charge in [0, 0.05) is 20.6 Å². The largest absolute Gasteiger partial charge is 0.393 e. The zero-order chi connectivity index (χ0) is 14.5. The summed E-state index contributed by atoms with van der Waals surface area (Å²) in [6.07, 6.45) is 3.72. The second kappa shape index (κ2) is 6.65. The van der Waals surface area contributed by atoms with E-state index in [1.165, 1.54) is 4.90 Å². The third-order valence-corrected chi connectivity index (χ3v) is 3.68. The molecule has 1 heterocycles. The predicted molar refractivity (Wildman–Crippen MR) is 76.5 cm³/mol. The second-order valence-electron chi connectivity index (χ2n) is 5.56. The Labute approximate surface area is 119 Å². The maximum atomic E-state index is 11.7. The van der Waals surface area contributed by atoms with Crippen LogP contribution >= 0.6 is 0 Å². The number of nitrogens with zero attached hydrogens (tertiary/aromatic N) is 3. The Morgan fingerprint density at radius 1 is 1.30 bits per heavy atom. The van der Waals surface area contributed by atoms with Gasteiger partial charge in [-0.3, -0.25) is 4.79 Å². The second-order valence-corrected chi connectivity index (χ2v) is 5.56. The molecule has 6 nitrogen and oxygen atoms in total. The van der Waals surface area contributed by atoms with Gasteiger partial charge in [-0.15, -0.1) is 10.2 Å². The van der Waals surface area contributed by atoms with Crippen LogP contribution in [0.15, 0.2) is 12.1 Å². The van der Waals surface area contributed by atoms with Crippen molar-refractivity contribution in [2.24, 2.45) is 5.92 Å². The summed E-state index contributed by atoms with van der Waals surface area (Å²) in [5, 5.41) is 20.7. The molecule has 1 aromatic heterocycles. The van der Waals surface area contributed by atoms with Crippen LogP contribution in [-0.4, -0.2) is 52.9 Å². The molecule has 0 unspecified atom stereocenters. The fourth-order valence-electron chi connectivity index (χ4n) is 2.37. The van der Waals surface area contributed by atoms with E-state index in [1.807, 2.05) is 0 Å². The topological polar surface area (TPSA) is 78.4 Å². The molecule has 1 aliphatic rings. The van der Waals surface area contributed by atoms with Gasteiger partial charge < -0.3 is 15.3 Å². The zero-order valence-corrected chi connectivity index (χ0v) is 12.0. The maximum Gasteiger partial charge on any atom is 0.273 e. The van der Waals surface area contributed by atoms with Crippen LogP contribution in [-0.2, 0) is 0 Å². The summed E-state index contributed by atoms with van der Waals surface area (Å²) < 4.78 is 0. The minimum absolute atomic E-state index is 0.123. The van der Waals surface area contributed by atoms with Gasteiger partial charge in [0.05, 0.1) is 6.10 Å². The highest BCUT2D eigenvalue weighted by Crippen LogP contribution is 2.24. The van der Waals surface area contributed by atoms with Gasteiger partial charge in [-0.1, -0.05) is 0 Å². The number of anilines is 1. The Bertz CT molecular complexity index is 439. The van der Waals surface area contributed by atoms with Gasteiger partial charge in [0.1, 0.15) is 5.82 Å². The first-order valence-corrected chi connectivity index (χ1v) is 7.03. The molecule has 0 bridgehead atoms. The molecular formula is C14H22N4O2. The highest BCUT2D eigenvalue weighted by atomic mass is 16.3. The van der Waals surface area contributed by atoms with Gasteiger partial charge in [0.2, 0.25) is 0 Å². The van der Waals surface area contributed by atoms with Crippen LogP contribution in [0.2, 0.25) is 0 Å². The molecule has 1 amide bonds. The number of nitrogens with one attached hydrogen (secondary N) is 1. The average molecular weight is 278 g/mol. The van der Waals surface area contributed by atoms with Crippen LogP contribution in [0.3, 0.4) is 0 Å². The van der Waals surface area contributed by atoms with Crippen LogP contribution in [0.5, 0.6) is 0 Å². The number of aliphatic hydroxyl groups is 1. The first-order chi connectivity index (χ1) is 9.56. The van der Waals surface area contributed by atoms with E-state index in [9.17, 15) is 9.90 Å². The number of carbonyl (C=O) groups is 1. The van der Waals surface area contributed by atoms with Gasteiger partial charge in [-0.05, 0) is 43.7 Å². The zero-order valence-electron chi connectivity index (χ0n) is 12.0. The molecular weight excluding hydrogens is 256 g/mol. The fourth-order valence-corrected chi connectivity index (χ4v) is 2.37. The number of rotatable bonds is 4.